The molecule has 1 fully saturated rings. The minimum Gasteiger partial charge on any atom is -0.490 e. The summed E-state index contributed by atoms with van der Waals surface area (Å²) >= 11 is 0. The number of hydrogen-bond donors (Lipinski definition) is 2. The van der Waals surface area contributed by atoms with E-state index in [0.29, 0.717) is 36.4 Å². The van der Waals surface area contributed by atoms with Gasteiger partial charge in [0.25, 0.3) is 5.91 Å². The molecule has 2 heterocycles. The number of ether oxygens (including phenoxy) is 2. The summed E-state index contributed by atoms with van der Waals surface area (Å²) in [5, 5.41) is 5.67. The van der Waals surface area contributed by atoms with Gasteiger partial charge < -0.3 is 25.0 Å². The summed E-state index contributed by atoms with van der Waals surface area (Å²) in [5.41, 5.74) is 1.75. The number of halogens is 1. The van der Waals surface area contributed by atoms with E-state index in [-0.39, 0.29) is 60.7 Å². The second-order valence-electron chi connectivity index (χ2n) is 9.63. The van der Waals surface area contributed by atoms with Crippen LogP contribution in [0.3, 0.4) is 0 Å². The van der Waals surface area contributed by atoms with Crippen LogP contribution in [0.15, 0.2) is 42.5 Å². The topological polar surface area (TPSA) is 97.0 Å². The molecule has 8 nitrogen and oxygen atoms in total. The number of rotatable bonds is 6. The molecule has 2 aliphatic heterocycles. The fraction of sp³-hybridized carbons (Fsp3) is 0.444. The molecule has 4 rings (SSSR count). The Balaban J connectivity index is 1.38. The summed E-state index contributed by atoms with van der Waals surface area (Å²) in [5.74, 6) is -0.563. The third kappa shape index (κ3) is 6.02. The second-order valence-corrected chi connectivity index (χ2v) is 9.63. The number of amides is 3. The molecule has 2 aromatic carbocycles. The lowest BCUT2D eigenvalue weighted by atomic mass is 9.94. The van der Waals surface area contributed by atoms with Crippen molar-refractivity contribution >= 4 is 23.4 Å². The molecule has 9 heteroatoms. The van der Waals surface area contributed by atoms with E-state index in [1.54, 1.807) is 56.1 Å². The van der Waals surface area contributed by atoms with Crippen LogP contribution in [-0.2, 0) is 20.9 Å². The molecule has 2 aromatic rings. The van der Waals surface area contributed by atoms with Gasteiger partial charge >= 0.3 is 0 Å². The van der Waals surface area contributed by atoms with Crippen molar-refractivity contribution in [3.05, 3.63) is 59.4 Å². The Labute approximate surface area is 210 Å². The molecule has 36 heavy (non-hydrogen) atoms. The van der Waals surface area contributed by atoms with Gasteiger partial charge in [-0.15, -0.1) is 0 Å². The molecule has 0 saturated carbocycles. The van der Waals surface area contributed by atoms with Crippen molar-refractivity contribution < 1.29 is 28.2 Å². The Morgan fingerprint density at radius 2 is 1.89 bits per heavy atom. The van der Waals surface area contributed by atoms with Crippen LogP contribution in [0.4, 0.5) is 10.1 Å². The highest BCUT2D eigenvalue weighted by Crippen LogP contribution is 2.32. The molecule has 1 saturated heterocycles. The maximum Gasteiger partial charge on any atom is 0.257 e. The molecule has 0 aromatic heterocycles. The van der Waals surface area contributed by atoms with Gasteiger partial charge in [-0.2, -0.15) is 0 Å². The number of benzene rings is 2. The molecule has 0 bridgehead atoms. The first-order valence-electron chi connectivity index (χ1n) is 12.2. The van der Waals surface area contributed by atoms with Crippen molar-refractivity contribution in [1.82, 2.24) is 10.2 Å². The summed E-state index contributed by atoms with van der Waals surface area (Å²) in [7, 11) is 1.74. The zero-order valence-corrected chi connectivity index (χ0v) is 20.8. The fourth-order valence-corrected chi connectivity index (χ4v) is 4.47. The number of likely N-dealkylation sites (N-methyl/N-ethyl adjacent to an activating group) is 1. The van der Waals surface area contributed by atoms with Crippen LogP contribution in [0.25, 0.3) is 0 Å². The maximum atomic E-state index is 13.3. The smallest absolute Gasteiger partial charge is 0.257 e. The van der Waals surface area contributed by atoms with Crippen LogP contribution in [0.5, 0.6) is 5.75 Å². The van der Waals surface area contributed by atoms with E-state index < -0.39 is 0 Å². The Morgan fingerprint density at radius 3 is 2.61 bits per heavy atom. The van der Waals surface area contributed by atoms with Crippen LogP contribution in [0, 0.1) is 11.7 Å². The minimum atomic E-state index is -0.379. The summed E-state index contributed by atoms with van der Waals surface area (Å²) in [4.78, 5) is 39.5. The van der Waals surface area contributed by atoms with E-state index in [1.807, 2.05) is 0 Å². The Bertz CT molecular complexity index is 1120. The average molecular weight is 498 g/mol. The SMILES string of the molecule is CC(C)C(=O)Nc1ccc2c(c1)C(=O)N(C)[C@H]1CC[C@@H](CC(=O)NCc3ccc(F)cc3)O[C@H]1CO2. The Morgan fingerprint density at radius 1 is 1.14 bits per heavy atom. The van der Waals surface area contributed by atoms with E-state index in [1.165, 1.54) is 12.1 Å². The van der Waals surface area contributed by atoms with Crippen LogP contribution in [0.1, 0.15) is 49.0 Å². The zero-order chi connectivity index (χ0) is 25.8. The quantitative estimate of drug-likeness (QED) is 0.637. The van der Waals surface area contributed by atoms with Gasteiger partial charge in [-0.05, 0) is 48.7 Å². The summed E-state index contributed by atoms with van der Waals surface area (Å²) in [6.45, 7) is 4.16. The van der Waals surface area contributed by atoms with Gasteiger partial charge in [0.1, 0.15) is 24.3 Å². The summed E-state index contributed by atoms with van der Waals surface area (Å²) in [6, 6.07) is 10.8. The molecule has 0 aliphatic carbocycles. The van der Waals surface area contributed by atoms with Crippen LogP contribution >= 0.6 is 0 Å². The van der Waals surface area contributed by atoms with Gasteiger partial charge in [0.05, 0.1) is 24.1 Å². The average Bonchev–Trinajstić information content (AvgIpc) is 2.86. The van der Waals surface area contributed by atoms with E-state index in [0.717, 1.165) is 5.56 Å². The highest BCUT2D eigenvalue weighted by Gasteiger charge is 2.39. The molecule has 192 valence electrons. The number of hydrogen-bond acceptors (Lipinski definition) is 5. The molecular weight excluding hydrogens is 465 g/mol. The van der Waals surface area contributed by atoms with Crippen molar-refractivity contribution in [3.8, 4) is 5.75 Å². The molecule has 3 atom stereocenters. The van der Waals surface area contributed by atoms with Gasteiger partial charge in [0.15, 0.2) is 0 Å². The number of nitrogens with one attached hydrogen (secondary N) is 2. The third-order valence-corrected chi connectivity index (χ3v) is 6.62. The fourth-order valence-electron chi connectivity index (χ4n) is 4.47. The molecule has 3 amide bonds. The number of carbonyl (C=O) groups excluding carboxylic acids is 3. The van der Waals surface area contributed by atoms with Gasteiger partial charge in [-0.1, -0.05) is 26.0 Å². The second kappa shape index (κ2) is 11.1. The minimum absolute atomic E-state index is 0.129. The standard InChI is InChI=1S/C27H32FN3O5/c1-16(2)26(33)30-19-8-11-23-21(12-19)27(34)31(3)22-10-9-20(36-24(22)15-35-23)13-25(32)29-14-17-4-6-18(28)7-5-17/h4-8,11-12,16,20,22,24H,9-10,13-15H2,1-3H3,(H,29,32)(H,30,33)/t20-,22-,24-/m0/s1. The van der Waals surface area contributed by atoms with E-state index in [4.69, 9.17) is 9.47 Å². The predicted molar refractivity (Wildman–Crippen MR) is 132 cm³/mol. The van der Waals surface area contributed by atoms with Crippen molar-refractivity contribution in [1.29, 1.82) is 0 Å². The molecule has 2 aliphatic rings. The van der Waals surface area contributed by atoms with Gasteiger partial charge in [-0.3, -0.25) is 14.4 Å². The maximum absolute atomic E-state index is 13.3. The summed E-state index contributed by atoms with van der Waals surface area (Å²) in [6.07, 6.45) is 0.818. The first kappa shape index (κ1) is 25.6. The van der Waals surface area contributed by atoms with Crippen molar-refractivity contribution in [2.75, 3.05) is 19.0 Å². The lowest BCUT2D eigenvalue weighted by molar-refractivity contribution is -0.134. The molecule has 2 N–H and O–H groups in total. The highest BCUT2D eigenvalue weighted by atomic mass is 19.1. The lowest BCUT2D eigenvalue weighted by Gasteiger charge is -2.42. The molecule has 0 unspecified atom stereocenters. The largest absolute Gasteiger partial charge is 0.490 e. The number of nitrogens with zero attached hydrogens (tertiary/aromatic N) is 1. The molecule has 0 spiro atoms. The van der Waals surface area contributed by atoms with Gasteiger partial charge in [0, 0.05) is 25.2 Å². The van der Waals surface area contributed by atoms with Crippen LogP contribution < -0.4 is 15.4 Å². The van der Waals surface area contributed by atoms with Crippen LogP contribution in [-0.4, -0.2) is 54.5 Å². The predicted octanol–water partition coefficient (Wildman–Crippen LogP) is 3.51. The number of fused-ring (bicyclic) bond motifs is 2. The number of anilines is 1. The highest BCUT2D eigenvalue weighted by molar-refractivity contribution is 6.00. The van der Waals surface area contributed by atoms with E-state index >= 15 is 0 Å². The first-order valence-corrected chi connectivity index (χ1v) is 12.2. The number of carbonyl (C=O) groups is 3. The zero-order valence-electron chi connectivity index (χ0n) is 20.8. The third-order valence-electron chi connectivity index (χ3n) is 6.62. The summed E-state index contributed by atoms with van der Waals surface area (Å²) < 4.78 is 25.2. The van der Waals surface area contributed by atoms with E-state index in [9.17, 15) is 18.8 Å². The van der Waals surface area contributed by atoms with Gasteiger partial charge in [0.2, 0.25) is 11.8 Å². The normalized spacial score (nSPS) is 21.5. The monoisotopic (exact) mass is 497 g/mol. The van der Waals surface area contributed by atoms with Crippen molar-refractivity contribution in [2.24, 2.45) is 5.92 Å². The molecule has 0 radical (unpaired) electrons. The van der Waals surface area contributed by atoms with Crippen LogP contribution in [0.2, 0.25) is 0 Å². The Kier molecular flexibility index (Phi) is 7.88. The first-order chi connectivity index (χ1) is 17.2. The molecular formula is C27H32FN3O5. The Hall–Kier alpha value is -3.46. The van der Waals surface area contributed by atoms with Gasteiger partial charge in [-0.25, -0.2) is 4.39 Å². The van der Waals surface area contributed by atoms with Crippen molar-refractivity contribution in [3.63, 3.8) is 0 Å². The van der Waals surface area contributed by atoms with E-state index in [2.05, 4.69) is 10.6 Å². The lowest BCUT2D eigenvalue weighted by Crippen LogP contribution is -2.53. The van der Waals surface area contributed by atoms with Crippen molar-refractivity contribution in [2.45, 2.75) is 57.9 Å².